The molecule has 0 spiro atoms. The van der Waals surface area contributed by atoms with Crippen LogP contribution in [0, 0.1) is 11.6 Å². The molecule has 1 saturated heterocycles. The van der Waals surface area contributed by atoms with E-state index in [2.05, 4.69) is 4.98 Å². The summed E-state index contributed by atoms with van der Waals surface area (Å²) < 4.78 is 27.3. The lowest BCUT2D eigenvalue weighted by molar-refractivity contribution is 0.0714. The Bertz CT molecular complexity index is 1050. The topological polar surface area (TPSA) is 56.4 Å². The number of benzene rings is 2. The van der Waals surface area contributed by atoms with E-state index in [1.807, 2.05) is 0 Å². The maximum atomic E-state index is 13.9. The van der Waals surface area contributed by atoms with E-state index in [1.54, 1.807) is 34.1 Å². The predicted molar refractivity (Wildman–Crippen MR) is 101 cm³/mol. The average molecular weight is 383 g/mol. The number of rotatable bonds is 2. The molecule has 0 aliphatic carbocycles. The summed E-state index contributed by atoms with van der Waals surface area (Å²) in [6.45, 7) is 1.62. The molecule has 1 N–H and O–H groups in total. The van der Waals surface area contributed by atoms with Crippen LogP contribution in [0.15, 0.2) is 48.5 Å². The molecule has 4 rings (SSSR count). The lowest BCUT2D eigenvalue weighted by Crippen LogP contribution is -2.37. The van der Waals surface area contributed by atoms with Gasteiger partial charge in [-0.1, -0.05) is 12.1 Å². The van der Waals surface area contributed by atoms with E-state index in [1.165, 1.54) is 24.3 Å². The molecule has 2 aromatic carbocycles. The number of H-pyrrole nitrogens is 1. The van der Waals surface area contributed by atoms with Crippen molar-refractivity contribution in [2.75, 3.05) is 26.2 Å². The van der Waals surface area contributed by atoms with Gasteiger partial charge < -0.3 is 14.8 Å². The van der Waals surface area contributed by atoms with Crippen LogP contribution >= 0.6 is 0 Å². The zero-order valence-electron chi connectivity index (χ0n) is 15.1. The largest absolute Gasteiger partial charge is 0.351 e. The molecule has 0 unspecified atom stereocenters. The standard InChI is InChI=1S/C21H19F2N3O2/c22-15-6-7-18-14(12-15)13-19(24-18)21(28)26-9-3-8-25(10-11-26)20(27)16-4-1-2-5-17(16)23/h1-2,4-7,12-13,24H,3,8-11H2. The highest BCUT2D eigenvalue weighted by molar-refractivity contribution is 5.98. The Morgan fingerprint density at radius 1 is 0.857 bits per heavy atom. The van der Waals surface area contributed by atoms with Crippen LogP contribution in [0.3, 0.4) is 0 Å². The molecule has 5 nitrogen and oxygen atoms in total. The van der Waals surface area contributed by atoms with E-state index in [0.717, 1.165) is 0 Å². The number of carbonyl (C=O) groups is 2. The summed E-state index contributed by atoms with van der Waals surface area (Å²) in [6.07, 6.45) is 0.598. The van der Waals surface area contributed by atoms with Crippen molar-refractivity contribution in [2.24, 2.45) is 0 Å². The van der Waals surface area contributed by atoms with E-state index in [-0.39, 0.29) is 23.2 Å². The van der Waals surface area contributed by atoms with Crippen molar-refractivity contribution in [3.05, 3.63) is 71.4 Å². The van der Waals surface area contributed by atoms with Crippen LogP contribution in [-0.4, -0.2) is 52.8 Å². The third kappa shape index (κ3) is 3.47. The molecule has 1 aliphatic rings. The van der Waals surface area contributed by atoms with Gasteiger partial charge in [0.25, 0.3) is 11.8 Å². The van der Waals surface area contributed by atoms with Gasteiger partial charge in [-0.05, 0) is 42.8 Å². The summed E-state index contributed by atoms with van der Waals surface area (Å²) in [6, 6.07) is 11.8. The van der Waals surface area contributed by atoms with Crippen molar-refractivity contribution < 1.29 is 18.4 Å². The number of nitrogens with one attached hydrogen (secondary N) is 1. The average Bonchev–Trinajstić information content (AvgIpc) is 2.95. The van der Waals surface area contributed by atoms with Gasteiger partial charge in [0.15, 0.2) is 0 Å². The molecule has 2 amide bonds. The number of carbonyl (C=O) groups excluding carboxylic acids is 2. The molecular weight excluding hydrogens is 364 g/mol. The number of hydrogen-bond donors (Lipinski definition) is 1. The first-order valence-electron chi connectivity index (χ1n) is 9.14. The quantitative estimate of drug-likeness (QED) is 0.737. The molecule has 1 fully saturated rings. The van der Waals surface area contributed by atoms with Crippen LogP contribution in [0.25, 0.3) is 10.9 Å². The minimum atomic E-state index is -0.546. The zero-order valence-corrected chi connectivity index (χ0v) is 15.1. The molecule has 0 atom stereocenters. The molecule has 3 aromatic rings. The SMILES string of the molecule is O=C(c1cc2cc(F)ccc2[nH]1)N1CCCN(C(=O)c2ccccc2F)CC1. The van der Waals surface area contributed by atoms with E-state index >= 15 is 0 Å². The van der Waals surface area contributed by atoms with Crippen molar-refractivity contribution in [1.82, 2.24) is 14.8 Å². The summed E-state index contributed by atoms with van der Waals surface area (Å²) >= 11 is 0. The molecule has 0 saturated carbocycles. The van der Waals surface area contributed by atoms with Crippen LogP contribution in [-0.2, 0) is 0 Å². The lowest BCUT2D eigenvalue weighted by atomic mass is 10.2. The molecule has 1 aliphatic heterocycles. The van der Waals surface area contributed by atoms with Gasteiger partial charge in [-0.2, -0.15) is 0 Å². The van der Waals surface area contributed by atoms with Gasteiger partial charge in [0, 0.05) is 37.1 Å². The summed E-state index contributed by atoms with van der Waals surface area (Å²) in [5.74, 6) is -1.47. The van der Waals surface area contributed by atoms with Crippen molar-refractivity contribution in [2.45, 2.75) is 6.42 Å². The molecular formula is C21H19F2N3O2. The fourth-order valence-corrected chi connectivity index (χ4v) is 3.52. The predicted octanol–water partition coefficient (Wildman–Crippen LogP) is 3.43. The highest BCUT2D eigenvalue weighted by Gasteiger charge is 2.25. The van der Waals surface area contributed by atoms with Crippen molar-refractivity contribution >= 4 is 22.7 Å². The second-order valence-electron chi connectivity index (χ2n) is 6.83. The number of amides is 2. The highest BCUT2D eigenvalue weighted by Crippen LogP contribution is 2.19. The second-order valence-corrected chi connectivity index (χ2v) is 6.83. The van der Waals surface area contributed by atoms with Crippen molar-refractivity contribution in [1.29, 1.82) is 0 Å². The fraction of sp³-hybridized carbons (Fsp3) is 0.238. The van der Waals surface area contributed by atoms with Crippen molar-refractivity contribution in [3.8, 4) is 0 Å². The molecule has 28 heavy (non-hydrogen) atoms. The Labute approximate surface area is 160 Å². The molecule has 7 heteroatoms. The summed E-state index contributed by atoms with van der Waals surface area (Å²) in [7, 11) is 0. The number of hydrogen-bond acceptors (Lipinski definition) is 2. The maximum Gasteiger partial charge on any atom is 0.270 e. The number of aromatic amines is 1. The molecule has 144 valence electrons. The van der Waals surface area contributed by atoms with Crippen LogP contribution in [0.1, 0.15) is 27.3 Å². The summed E-state index contributed by atoms with van der Waals surface area (Å²) in [4.78, 5) is 31.7. The monoisotopic (exact) mass is 383 g/mol. The highest BCUT2D eigenvalue weighted by atomic mass is 19.1. The molecule has 2 heterocycles. The van der Waals surface area contributed by atoms with Crippen molar-refractivity contribution in [3.63, 3.8) is 0 Å². The number of aromatic nitrogens is 1. The van der Waals surface area contributed by atoms with Gasteiger partial charge in [0.2, 0.25) is 0 Å². The van der Waals surface area contributed by atoms with Crippen LogP contribution < -0.4 is 0 Å². The minimum Gasteiger partial charge on any atom is -0.351 e. The van der Waals surface area contributed by atoms with Crippen LogP contribution in [0.4, 0.5) is 8.78 Å². The van der Waals surface area contributed by atoms with E-state index in [0.29, 0.717) is 49.2 Å². The third-order valence-electron chi connectivity index (χ3n) is 4.99. The third-order valence-corrected chi connectivity index (χ3v) is 4.99. The van der Waals surface area contributed by atoms with Gasteiger partial charge in [0.1, 0.15) is 17.3 Å². The molecule has 0 radical (unpaired) electrons. The first kappa shape index (κ1) is 18.2. The minimum absolute atomic E-state index is 0.0416. The van der Waals surface area contributed by atoms with E-state index < -0.39 is 5.82 Å². The number of nitrogens with zero attached hydrogens (tertiary/aromatic N) is 2. The van der Waals surface area contributed by atoms with E-state index in [4.69, 9.17) is 0 Å². The van der Waals surface area contributed by atoms with Gasteiger partial charge in [0.05, 0.1) is 5.56 Å². The van der Waals surface area contributed by atoms with Gasteiger partial charge in [-0.15, -0.1) is 0 Å². The fourth-order valence-electron chi connectivity index (χ4n) is 3.52. The molecule has 1 aromatic heterocycles. The Morgan fingerprint density at radius 3 is 2.32 bits per heavy atom. The first-order chi connectivity index (χ1) is 13.5. The Morgan fingerprint density at radius 2 is 1.57 bits per heavy atom. The summed E-state index contributed by atoms with van der Waals surface area (Å²) in [5, 5.41) is 0.634. The Balaban J connectivity index is 1.48. The normalized spacial score (nSPS) is 14.9. The first-order valence-corrected chi connectivity index (χ1v) is 9.14. The lowest BCUT2D eigenvalue weighted by Gasteiger charge is -2.22. The van der Waals surface area contributed by atoms with Gasteiger partial charge >= 0.3 is 0 Å². The number of halogens is 2. The molecule has 0 bridgehead atoms. The smallest absolute Gasteiger partial charge is 0.270 e. The van der Waals surface area contributed by atoms with Gasteiger partial charge in [-0.25, -0.2) is 8.78 Å². The van der Waals surface area contributed by atoms with Crippen LogP contribution in [0.5, 0.6) is 0 Å². The maximum absolute atomic E-state index is 13.9. The zero-order chi connectivity index (χ0) is 19.7. The second kappa shape index (κ2) is 7.42. The van der Waals surface area contributed by atoms with Gasteiger partial charge in [-0.3, -0.25) is 9.59 Å². The van der Waals surface area contributed by atoms with Crippen LogP contribution in [0.2, 0.25) is 0 Å². The Hall–Kier alpha value is -3.22. The number of fused-ring (bicyclic) bond motifs is 1. The van der Waals surface area contributed by atoms with E-state index in [9.17, 15) is 18.4 Å². The Kier molecular flexibility index (Phi) is 4.81. The summed E-state index contributed by atoms with van der Waals surface area (Å²) in [5.41, 5.74) is 1.12.